The molecule has 5 rings (SSSR count). The monoisotopic (exact) mass is 523 g/mol. The lowest BCUT2D eigenvalue weighted by molar-refractivity contribution is 0.0139. The summed E-state index contributed by atoms with van der Waals surface area (Å²) in [5.41, 5.74) is 5.75. The molecule has 0 aliphatic carbocycles. The lowest BCUT2D eigenvalue weighted by Crippen LogP contribution is -2.49. The number of pyridine rings is 1. The fourth-order valence-electron chi connectivity index (χ4n) is 4.38. The zero-order valence-electron chi connectivity index (χ0n) is 20.8. The van der Waals surface area contributed by atoms with Gasteiger partial charge in [-0.15, -0.1) is 11.3 Å². The van der Waals surface area contributed by atoms with E-state index in [9.17, 15) is 4.79 Å². The summed E-state index contributed by atoms with van der Waals surface area (Å²) >= 11 is 7.86. The maximum absolute atomic E-state index is 12.3. The summed E-state index contributed by atoms with van der Waals surface area (Å²) < 4.78 is 6.29. The van der Waals surface area contributed by atoms with Crippen molar-refractivity contribution in [2.75, 3.05) is 26.2 Å². The van der Waals surface area contributed by atoms with Crippen LogP contribution >= 0.6 is 22.9 Å². The molecule has 0 spiro atoms. The molecule has 1 saturated heterocycles. The molecule has 0 saturated carbocycles. The molecular formula is C27H30ClN5O2S. The van der Waals surface area contributed by atoms with Crippen LogP contribution in [0.5, 0.6) is 0 Å². The molecule has 0 radical (unpaired) electrons. The number of benzene rings is 1. The second-order valence-corrected chi connectivity index (χ2v) is 11.6. The van der Waals surface area contributed by atoms with Crippen LogP contribution < -0.4 is 0 Å². The SMILES string of the molecule is CC(C)(C)OC(=O)N1CCN(Cc2ccnc(Cc3nc4ccc(-c5ccsc5Cl)cc4[nH]3)c2)CC1. The third-order valence-corrected chi connectivity index (χ3v) is 7.29. The standard InChI is InChI=1S/C27H30ClN5O2S/c1-27(2,3)35-26(34)33-11-9-32(10-12-33)17-18-6-8-29-20(14-18)16-24-30-22-5-4-19(15-23(22)31-24)21-7-13-36-25(21)28/h4-8,13-15H,9-12,16-17H2,1-3H3,(H,30,31). The third kappa shape index (κ3) is 5.88. The number of amides is 1. The van der Waals surface area contributed by atoms with Gasteiger partial charge in [0.2, 0.25) is 0 Å². The van der Waals surface area contributed by atoms with Crippen LogP contribution in [0.3, 0.4) is 0 Å². The Morgan fingerprint density at radius 3 is 2.67 bits per heavy atom. The molecule has 188 valence electrons. The smallest absolute Gasteiger partial charge is 0.410 e. The fourth-order valence-corrected chi connectivity index (χ4v) is 5.35. The molecule has 7 nitrogen and oxygen atoms in total. The predicted octanol–water partition coefficient (Wildman–Crippen LogP) is 5.98. The molecule has 1 fully saturated rings. The number of piperazine rings is 1. The van der Waals surface area contributed by atoms with Crippen molar-refractivity contribution in [2.24, 2.45) is 0 Å². The molecule has 4 heterocycles. The summed E-state index contributed by atoms with van der Waals surface area (Å²) in [5.74, 6) is 0.884. The number of thiophene rings is 1. The number of ether oxygens (including phenoxy) is 1. The average molecular weight is 524 g/mol. The van der Waals surface area contributed by atoms with Gasteiger partial charge in [0.25, 0.3) is 0 Å². The molecule has 1 aliphatic heterocycles. The molecule has 1 aromatic carbocycles. The summed E-state index contributed by atoms with van der Waals surface area (Å²) in [6, 6.07) is 12.4. The van der Waals surface area contributed by atoms with Crippen molar-refractivity contribution < 1.29 is 9.53 Å². The lowest BCUT2D eigenvalue weighted by atomic mass is 10.1. The third-order valence-electron chi connectivity index (χ3n) is 6.12. The van der Waals surface area contributed by atoms with E-state index in [-0.39, 0.29) is 6.09 Å². The van der Waals surface area contributed by atoms with Gasteiger partial charge in [0, 0.05) is 56.6 Å². The minimum Gasteiger partial charge on any atom is -0.444 e. The number of H-pyrrole nitrogens is 1. The second-order valence-electron chi connectivity index (χ2n) is 10.1. The van der Waals surface area contributed by atoms with Crippen molar-refractivity contribution in [2.45, 2.75) is 39.3 Å². The van der Waals surface area contributed by atoms with Gasteiger partial charge in [0.05, 0.1) is 11.0 Å². The van der Waals surface area contributed by atoms with Crippen molar-refractivity contribution >= 4 is 40.1 Å². The molecule has 0 unspecified atom stereocenters. The number of halogens is 1. The van der Waals surface area contributed by atoms with Crippen LogP contribution in [0.1, 0.15) is 37.9 Å². The van der Waals surface area contributed by atoms with Crippen LogP contribution in [0, 0.1) is 0 Å². The first-order chi connectivity index (χ1) is 17.2. The quantitative estimate of drug-likeness (QED) is 0.348. The number of nitrogens with one attached hydrogen (secondary N) is 1. The molecule has 1 amide bonds. The number of fused-ring (bicyclic) bond motifs is 1. The Morgan fingerprint density at radius 2 is 1.94 bits per heavy atom. The number of carbonyl (C=O) groups is 1. The van der Waals surface area contributed by atoms with Gasteiger partial charge in [-0.3, -0.25) is 9.88 Å². The van der Waals surface area contributed by atoms with E-state index in [0.717, 1.165) is 57.6 Å². The maximum atomic E-state index is 12.3. The topological polar surface area (TPSA) is 74.3 Å². The summed E-state index contributed by atoms with van der Waals surface area (Å²) in [5, 5.41) is 2.00. The Balaban J connectivity index is 1.21. The molecule has 36 heavy (non-hydrogen) atoms. The summed E-state index contributed by atoms with van der Waals surface area (Å²) in [7, 11) is 0. The first-order valence-corrected chi connectivity index (χ1v) is 13.4. The van der Waals surface area contributed by atoms with E-state index in [1.807, 2.05) is 44.5 Å². The summed E-state index contributed by atoms with van der Waals surface area (Å²) in [6.07, 6.45) is 2.26. The fraction of sp³-hybridized carbons (Fsp3) is 0.370. The van der Waals surface area contributed by atoms with Crippen LogP contribution in [-0.4, -0.2) is 62.6 Å². The van der Waals surface area contributed by atoms with Gasteiger partial charge in [0.15, 0.2) is 0 Å². The van der Waals surface area contributed by atoms with Crippen molar-refractivity contribution in [3.63, 3.8) is 0 Å². The number of nitrogens with zero attached hydrogens (tertiary/aromatic N) is 4. The average Bonchev–Trinajstić information content (AvgIpc) is 3.43. The van der Waals surface area contributed by atoms with E-state index in [1.165, 1.54) is 16.9 Å². The number of rotatable bonds is 5. The molecule has 4 aromatic rings. The molecule has 3 aromatic heterocycles. The number of aromatic nitrogens is 3. The Bertz CT molecular complexity index is 1370. The Hall–Kier alpha value is -2.94. The Morgan fingerprint density at radius 1 is 1.14 bits per heavy atom. The number of carbonyl (C=O) groups excluding carboxylic acids is 1. The molecule has 1 aliphatic rings. The molecule has 9 heteroatoms. The highest BCUT2D eigenvalue weighted by Gasteiger charge is 2.25. The van der Waals surface area contributed by atoms with Gasteiger partial charge in [-0.05, 0) is 67.6 Å². The van der Waals surface area contributed by atoms with Gasteiger partial charge in [0.1, 0.15) is 15.8 Å². The van der Waals surface area contributed by atoms with E-state index in [2.05, 4.69) is 39.1 Å². The number of imidazole rings is 1. The minimum atomic E-state index is -0.471. The molecule has 1 N–H and O–H groups in total. The molecular weight excluding hydrogens is 494 g/mol. The van der Waals surface area contributed by atoms with Crippen molar-refractivity contribution in [3.8, 4) is 11.1 Å². The van der Waals surface area contributed by atoms with E-state index >= 15 is 0 Å². The predicted molar refractivity (Wildman–Crippen MR) is 145 cm³/mol. The molecule has 0 atom stereocenters. The zero-order valence-corrected chi connectivity index (χ0v) is 22.3. The molecule has 0 bridgehead atoms. The van der Waals surface area contributed by atoms with Gasteiger partial charge < -0.3 is 14.6 Å². The first kappa shape index (κ1) is 24.7. The van der Waals surface area contributed by atoms with E-state index in [4.69, 9.17) is 21.3 Å². The summed E-state index contributed by atoms with van der Waals surface area (Å²) in [6.45, 7) is 9.48. The zero-order chi connectivity index (χ0) is 25.3. The Kier molecular flexibility index (Phi) is 7.01. The highest BCUT2D eigenvalue weighted by molar-refractivity contribution is 7.15. The van der Waals surface area contributed by atoms with Crippen molar-refractivity contribution in [1.82, 2.24) is 24.8 Å². The van der Waals surface area contributed by atoms with Crippen LogP contribution in [-0.2, 0) is 17.7 Å². The van der Waals surface area contributed by atoms with Crippen LogP contribution in [0.2, 0.25) is 4.34 Å². The number of hydrogen-bond donors (Lipinski definition) is 1. The lowest BCUT2D eigenvalue weighted by Gasteiger charge is -2.35. The normalized spacial score (nSPS) is 14.9. The van der Waals surface area contributed by atoms with Crippen LogP contribution in [0.4, 0.5) is 4.79 Å². The highest BCUT2D eigenvalue weighted by atomic mass is 35.5. The van der Waals surface area contributed by atoms with Gasteiger partial charge in [-0.1, -0.05) is 17.7 Å². The Labute approximate surface area is 220 Å². The van der Waals surface area contributed by atoms with Gasteiger partial charge in [-0.2, -0.15) is 0 Å². The maximum Gasteiger partial charge on any atom is 0.410 e. The second kappa shape index (κ2) is 10.2. The van der Waals surface area contributed by atoms with Gasteiger partial charge >= 0.3 is 6.09 Å². The number of hydrogen-bond acceptors (Lipinski definition) is 6. The summed E-state index contributed by atoms with van der Waals surface area (Å²) in [4.78, 5) is 29.3. The first-order valence-electron chi connectivity index (χ1n) is 12.1. The number of aromatic amines is 1. The van der Waals surface area contributed by atoms with E-state index in [1.54, 1.807) is 4.90 Å². The van der Waals surface area contributed by atoms with E-state index < -0.39 is 5.60 Å². The van der Waals surface area contributed by atoms with Crippen molar-refractivity contribution in [3.05, 3.63) is 69.4 Å². The van der Waals surface area contributed by atoms with E-state index in [0.29, 0.717) is 19.5 Å². The van der Waals surface area contributed by atoms with Crippen LogP contribution in [0.25, 0.3) is 22.2 Å². The highest BCUT2D eigenvalue weighted by Crippen LogP contribution is 2.33. The van der Waals surface area contributed by atoms with Crippen molar-refractivity contribution in [1.29, 1.82) is 0 Å². The minimum absolute atomic E-state index is 0.232. The van der Waals surface area contributed by atoms with Crippen LogP contribution in [0.15, 0.2) is 48.0 Å². The van der Waals surface area contributed by atoms with Gasteiger partial charge in [-0.25, -0.2) is 9.78 Å². The largest absolute Gasteiger partial charge is 0.444 e.